The fraction of sp³-hybridized carbons (Fsp3) is 0.250. The first-order valence-electron chi connectivity index (χ1n) is 5.42. The summed E-state index contributed by atoms with van der Waals surface area (Å²) in [4.78, 5) is 10.8. The summed E-state index contributed by atoms with van der Waals surface area (Å²) in [7, 11) is 0. The highest BCUT2D eigenvalue weighted by atomic mass is 16.5. The van der Waals surface area contributed by atoms with Gasteiger partial charge in [0.05, 0.1) is 0 Å². The van der Waals surface area contributed by atoms with Gasteiger partial charge in [0.25, 0.3) is 6.20 Å². The number of carbonyl (C=O) groups excluding carboxylic acids is 1. The lowest BCUT2D eigenvalue weighted by atomic mass is 10.1. The van der Waals surface area contributed by atoms with Crippen LogP contribution in [-0.4, -0.2) is 11.2 Å². The number of anilines is 1. The molecular formula is C12H14N3O2+. The Bertz CT molecular complexity index is 493. The van der Waals surface area contributed by atoms with Crippen LogP contribution in [0.5, 0.6) is 0 Å². The van der Waals surface area contributed by atoms with Crippen LogP contribution < -0.4 is 10.00 Å². The molecule has 0 saturated heterocycles. The van der Waals surface area contributed by atoms with Crippen molar-refractivity contribution in [1.29, 1.82) is 0 Å². The molecule has 2 rings (SSSR count). The van der Waals surface area contributed by atoms with Crippen molar-refractivity contribution in [2.75, 3.05) is 5.32 Å². The average Bonchev–Trinajstić information content (AvgIpc) is 2.75. The predicted molar refractivity (Wildman–Crippen MR) is 61.1 cm³/mol. The molecule has 5 heteroatoms. The normalized spacial score (nSPS) is 10.2. The van der Waals surface area contributed by atoms with E-state index in [0.717, 1.165) is 6.42 Å². The first kappa shape index (κ1) is 11.3. The van der Waals surface area contributed by atoms with Gasteiger partial charge < -0.3 is 0 Å². The van der Waals surface area contributed by atoms with Crippen LogP contribution in [0.4, 0.5) is 5.88 Å². The van der Waals surface area contributed by atoms with Crippen LogP contribution in [0.2, 0.25) is 0 Å². The van der Waals surface area contributed by atoms with Gasteiger partial charge in [-0.05, 0) is 5.56 Å². The Labute approximate surface area is 99.0 Å². The van der Waals surface area contributed by atoms with E-state index < -0.39 is 0 Å². The van der Waals surface area contributed by atoms with Gasteiger partial charge in [0.1, 0.15) is 0 Å². The number of aromatic nitrogens is 2. The van der Waals surface area contributed by atoms with E-state index in [2.05, 4.69) is 22.7 Å². The molecule has 17 heavy (non-hydrogen) atoms. The molecule has 0 unspecified atom stereocenters. The number of hydrogen-bond acceptors (Lipinski definition) is 3. The van der Waals surface area contributed by atoms with Gasteiger partial charge in [0.15, 0.2) is 6.54 Å². The predicted octanol–water partition coefficient (Wildman–Crippen LogP) is 1.16. The summed E-state index contributed by atoms with van der Waals surface area (Å²) in [5.41, 5.74) is 1.24. The molecule has 2 aromatic rings. The van der Waals surface area contributed by atoms with E-state index in [1.807, 2.05) is 18.2 Å². The second-order valence-corrected chi connectivity index (χ2v) is 3.75. The number of carbonyl (C=O) groups is 1. The molecule has 1 N–H and O–H groups in total. The average molecular weight is 232 g/mol. The molecule has 1 aromatic carbocycles. The van der Waals surface area contributed by atoms with Crippen molar-refractivity contribution in [1.82, 2.24) is 5.27 Å². The van der Waals surface area contributed by atoms with Crippen LogP contribution in [0.25, 0.3) is 0 Å². The first-order chi connectivity index (χ1) is 8.24. The Balaban J connectivity index is 1.91. The molecule has 0 aliphatic carbocycles. The molecular weight excluding hydrogens is 218 g/mol. The molecule has 0 radical (unpaired) electrons. The number of nitrogens with zero attached hydrogens (tertiary/aromatic N) is 2. The lowest BCUT2D eigenvalue weighted by molar-refractivity contribution is -0.761. The van der Waals surface area contributed by atoms with Gasteiger partial charge in [-0.15, -0.1) is 0 Å². The molecule has 1 heterocycles. The quantitative estimate of drug-likeness (QED) is 0.805. The van der Waals surface area contributed by atoms with E-state index >= 15 is 0 Å². The van der Waals surface area contributed by atoms with E-state index in [0.29, 0.717) is 12.4 Å². The number of hydrogen-bond donors (Lipinski definition) is 1. The summed E-state index contributed by atoms with van der Waals surface area (Å²) in [5, 5.41) is 6.35. The van der Waals surface area contributed by atoms with Gasteiger partial charge in [-0.3, -0.25) is 14.6 Å². The number of amides is 1. The fourth-order valence-corrected chi connectivity index (χ4v) is 1.50. The second kappa shape index (κ2) is 5.25. The van der Waals surface area contributed by atoms with Crippen molar-refractivity contribution in [3.63, 3.8) is 0 Å². The number of aryl methyl sites for hydroxylation is 2. The Morgan fingerprint density at radius 1 is 1.41 bits per heavy atom. The minimum Gasteiger partial charge on any atom is -0.289 e. The molecule has 1 amide bonds. The molecule has 1 aromatic heterocycles. The summed E-state index contributed by atoms with van der Waals surface area (Å²) >= 11 is 0. The van der Waals surface area contributed by atoms with Gasteiger partial charge in [-0.1, -0.05) is 35.0 Å². The van der Waals surface area contributed by atoms with E-state index in [4.69, 9.17) is 4.52 Å². The van der Waals surface area contributed by atoms with Crippen LogP contribution in [0.3, 0.4) is 0 Å². The van der Waals surface area contributed by atoms with Crippen LogP contribution in [0.15, 0.2) is 41.1 Å². The molecule has 0 atom stereocenters. The second-order valence-electron chi connectivity index (χ2n) is 3.75. The zero-order valence-corrected chi connectivity index (χ0v) is 9.59. The molecule has 88 valence electrons. The maximum atomic E-state index is 10.8. The number of benzene rings is 1. The third-order valence-electron chi connectivity index (χ3n) is 2.28. The zero-order valence-electron chi connectivity index (χ0n) is 9.59. The largest absolute Gasteiger partial charge is 0.302 e. The molecule has 5 nitrogen and oxygen atoms in total. The minimum atomic E-state index is -0.170. The van der Waals surface area contributed by atoms with Gasteiger partial charge in [-0.25, -0.2) is 0 Å². The van der Waals surface area contributed by atoms with Gasteiger partial charge in [0.2, 0.25) is 11.2 Å². The minimum absolute atomic E-state index is 0.170. The Morgan fingerprint density at radius 3 is 2.88 bits per heavy atom. The van der Waals surface area contributed by atoms with Gasteiger partial charge in [-0.2, -0.15) is 0 Å². The molecule has 0 saturated carbocycles. The topological polar surface area (TPSA) is 59.0 Å². The van der Waals surface area contributed by atoms with Crippen molar-refractivity contribution < 1.29 is 14.0 Å². The van der Waals surface area contributed by atoms with Crippen molar-refractivity contribution in [2.45, 2.75) is 19.9 Å². The zero-order chi connectivity index (χ0) is 12.1. The smallest absolute Gasteiger partial charge is 0.289 e. The standard InChI is InChI=1S/C12H13N3O2/c1-10(16)13-12-9-15(14-17-12)8-7-11-5-3-2-4-6-11/h2-6,9H,7-8H2,1H3/p+1. The van der Waals surface area contributed by atoms with Crippen LogP contribution in [0, 0.1) is 0 Å². The van der Waals surface area contributed by atoms with Crippen LogP contribution in [-0.2, 0) is 17.8 Å². The Hall–Kier alpha value is -2.17. The highest BCUT2D eigenvalue weighted by Crippen LogP contribution is 2.02. The molecule has 0 bridgehead atoms. The van der Waals surface area contributed by atoms with Gasteiger partial charge in [0, 0.05) is 13.3 Å². The highest BCUT2D eigenvalue weighted by molar-refractivity contribution is 5.86. The first-order valence-corrected chi connectivity index (χ1v) is 5.42. The molecule has 0 spiro atoms. The summed E-state index contributed by atoms with van der Waals surface area (Å²) in [5.74, 6) is 0.196. The summed E-state index contributed by atoms with van der Waals surface area (Å²) < 4.78 is 6.61. The SMILES string of the molecule is CC(=O)Nc1c[n+](CCc2ccccc2)no1. The van der Waals surface area contributed by atoms with Crippen molar-refractivity contribution in [2.24, 2.45) is 0 Å². The molecule has 0 fully saturated rings. The van der Waals surface area contributed by atoms with E-state index in [1.54, 1.807) is 10.9 Å². The molecule has 0 aliphatic heterocycles. The van der Waals surface area contributed by atoms with Crippen LogP contribution in [0.1, 0.15) is 12.5 Å². The monoisotopic (exact) mass is 232 g/mol. The maximum Gasteiger partial charge on any atom is 0.302 e. The van der Waals surface area contributed by atoms with E-state index in [-0.39, 0.29) is 5.91 Å². The fourth-order valence-electron chi connectivity index (χ4n) is 1.50. The van der Waals surface area contributed by atoms with Crippen molar-refractivity contribution in [3.8, 4) is 0 Å². The van der Waals surface area contributed by atoms with Crippen molar-refractivity contribution >= 4 is 11.8 Å². The summed E-state index contributed by atoms with van der Waals surface area (Å²) in [6.07, 6.45) is 2.54. The number of rotatable bonds is 4. The third kappa shape index (κ3) is 3.41. The number of nitrogens with one attached hydrogen (secondary N) is 1. The van der Waals surface area contributed by atoms with Crippen molar-refractivity contribution in [3.05, 3.63) is 42.1 Å². The van der Waals surface area contributed by atoms with E-state index in [9.17, 15) is 4.79 Å². The lowest BCUT2D eigenvalue weighted by Crippen LogP contribution is -2.35. The third-order valence-corrected chi connectivity index (χ3v) is 2.28. The lowest BCUT2D eigenvalue weighted by Gasteiger charge is -1.93. The Kier molecular flexibility index (Phi) is 3.49. The van der Waals surface area contributed by atoms with Gasteiger partial charge >= 0.3 is 5.88 Å². The van der Waals surface area contributed by atoms with Crippen LogP contribution >= 0.6 is 0 Å². The molecule has 0 aliphatic rings. The summed E-state index contributed by atoms with van der Waals surface area (Å²) in [6.45, 7) is 2.14. The maximum absolute atomic E-state index is 10.8. The highest BCUT2D eigenvalue weighted by Gasteiger charge is 2.11. The Morgan fingerprint density at radius 2 is 2.18 bits per heavy atom. The summed E-state index contributed by atoms with van der Waals surface area (Å²) in [6, 6.07) is 10.1. The van der Waals surface area contributed by atoms with E-state index in [1.165, 1.54) is 12.5 Å².